The second kappa shape index (κ2) is 8.74. The Morgan fingerprint density at radius 2 is 2.19 bits per heavy atom. The lowest BCUT2D eigenvalue weighted by Gasteiger charge is -2.14. The molecule has 0 aliphatic rings. The molecule has 5 nitrogen and oxygen atoms in total. The Balaban J connectivity index is 2.89. The number of ether oxygens (including phenoxy) is 2. The van der Waals surface area contributed by atoms with Crippen molar-refractivity contribution in [3.8, 4) is 11.5 Å². The van der Waals surface area contributed by atoms with Crippen LogP contribution in [0.25, 0.3) is 0 Å². The number of amides is 1. The van der Waals surface area contributed by atoms with E-state index in [1.54, 1.807) is 12.1 Å². The summed E-state index contributed by atoms with van der Waals surface area (Å²) in [5.41, 5.74) is 5.96. The van der Waals surface area contributed by atoms with E-state index < -0.39 is 0 Å². The summed E-state index contributed by atoms with van der Waals surface area (Å²) >= 11 is 6.18. The number of carbonyl (C=O) groups excluding carboxylic acids is 1. The molecule has 0 saturated heterocycles. The summed E-state index contributed by atoms with van der Waals surface area (Å²) in [7, 11) is 1.52. The van der Waals surface area contributed by atoms with Gasteiger partial charge >= 0.3 is 0 Å². The minimum Gasteiger partial charge on any atom is -0.493 e. The lowest BCUT2D eigenvalue weighted by atomic mass is 10.1. The Morgan fingerprint density at radius 1 is 1.48 bits per heavy atom. The van der Waals surface area contributed by atoms with Gasteiger partial charge in [0.25, 0.3) is 5.91 Å². The SMILES string of the molecule is CCCOc1c(Cl)cc(C(=O)NCC(C)CN)cc1OC. The van der Waals surface area contributed by atoms with Gasteiger partial charge < -0.3 is 20.5 Å². The lowest BCUT2D eigenvalue weighted by molar-refractivity contribution is 0.0948. The third-order valence-electron chi connectivity index (χ3n) is 2.96. The van der Waals surface area contributed by atoms with Gasteiger partial charge in [0.2, 0.25) is 0 Å². The minimum absolute atomic E-state index is 0.211. The van der Waals surface area contributed by atoms with E-state index in [1.807, 2.05) is 13.8 Å². The predicted molar refractivity (Wildman–Crippen MR) is 84.3 cm³/mol. The number of nitrogens with one attached hydrogen (secondary N) is 1. The lowest BCUT2D eigenvalue weighted by Crippen LogP contribution is -2.31. The standard InChI is InChI=1S/C15H23ClN2O3/c1-4-5-21-14-12(16)6-11(7-13(14)20-3)15(19)18-9-10(2)8-17/h6-7,10H,4-5,8-9,17H2,1-3H3,(H,18,19). The molecular formula is C15H23ClN2O3. The van der Waals surface area contributed by atoms with Crippen LogP contribution >= 0.6 is 11.6 Å². The van der Waals surface area contributed by atoms with Crippen LogP contribution in [0.2, 0.25) is 5.02 Å². The summed E-state index contributed by atoms with van der Waals surface area (Å²) in [6.07, 6.45) is 0.860. The second-order valence-corrected chi connectivity index (χ2v) is 5.30. The number of hydrogen-bond acceptors (Lipinski definition) is 4. The molecule has 3 N–H and O–H groups in total. The van der Waals surface area contributed by atoms with Gasteiger partial charge in [-0.2, -0.15) is 0 Å². The molecule has 1 amide bonds. The largest absolute Gasteiger partial charge is 0.493 e. The van der Waals surface area contributed by atoms with Gasteiger partial charge in [0.05, 0.1) is 18.7 Å². The maximum atomic E-state index is 12.1. The highest BCUT2D eigenvalue weighted by molar-refractivity contribution is 6.32. The fraction of sp³-hybridized carbons (Fsp3) is 0.533. The number of rotatable bonds is 8. The van der Waals surface area contributed by atoms with E-state index in [9.17, 15) is 4.79 Å². The van der Waals surface area contributed by atoms with E-state index in [2.05, 4.69) is 5.32 Å². The first-order chi connectivity index (χ1) is 10.0. The van der Waals surface area contributed by atoms with Crippen molar-refractivity contribution in [1.29, 1.82) is 0 Å². The third kappa shape index (κ3) is 5.10. The molecule has 1 unspecified atom stereocenters. The van der Waals surface area contributed by atoms with Crippen LogP contribution in [0.15, 0.2) is 12.1 Å². The normalized spacial score (nSPS) is 11.9. The third-order valence-corrected chi connectivity index (χ3v) is 3.24. The summed E-state index contributed by atoms with van der Waals surface area (Å²) in [5.74, 6) is 0.928. The first-order valence-corrected chi connectivity index (χ1v) is 7.39. The Labute approximate surface area is 130 Å². The Hall–Kier alpha value is -1.46. The molecule has 1 aromatic rings. The average Bonchev–Trinajstić information content (AvgIpc) is 2.50. The molecule has 6 heteroatoms. The number of nitrogens with two attached hydrogens (primary N) is 1. The zero-order valence-corrected chi connectivity index (χ0v) is 13.5. The number of hydrogen-bond donors (Lipinski definition) is 2. The van der Waals surface area contributed by atoms with Crippen molar-refractivity contribution in [2.75, 3.05) is 26.8 Å². The predicted octanol–water partition coefficient (Wildman–Crippen LogP) is 2.46. The van der Waals surface area contributed by atoms with E-state index in [0.717, 1.165) is 6.42 Å². The summed E-state index contributed by atoms with van der Waals surface area (Å²) in [4.78, 5) is 12.1. The number of methoxy groups -OCH3 is 1. The van der Waals surface area contributed by atoms with Gasteiger partial charge in [-0.3, -0.25) is 4.79 Å². The summed E-state index contributed by atoms with van der Waals surface area (Å²) in [6.45, 7) is 5.55. The maximum absolute atomic E-state index is 12.1. The molecule has 0 aliphatic heterocycles. The number of carbonyl (C=O) groups is 1. The van der Waals surface area contributed by atoms with Crippen LogP contribution in [-0.2, 0) is 0 Å². The monoisotopic (exact) mass is 314 g/mol. The van der Waals surface area contributed by atoms with Crippen molar-refractivity contribution in [3.05, 3.63) is 22.7 Å². The molecule has 1 rings (SSSR count). The highest BCUT2D eigenvalue weighted by Crippen LogP contribution is 2.36. The van der Waals surface area contributed by atoms with Gasteiger partial charge in [0.15, 0.2) is 11.5 Å². The number of benzene rings is 1. The zero-order chi connectivity index (χ0) is 15.8. The zero-order valence-electron chi connectivity index (χ0n) is 12.7. The molecule has 0 aliphatic carbocycles. The van der Waals surface area contributed by atoms with E-state index in [0.29, 0.717) is 41.8 Å². The molecule has 0 saturated carbocycles. The molecule has 1 atom stereocenters. The molecule has 0 radical (unpaired) electrons. The van der Waals surface area contributed by atoms with Crippen LogP contribution in [0.5, 0.6) is 11.5 Å². The summed E-state index contributed by atoms with van der Waals surface area (Å²) in [5, 5.41) is 3.18. The van der Waals surface area contributed by atoms with Crippen molar-refractivity contribution in [2.24, 2.45) is 11.7 Å². The van der Waals surface area contributed by atoms with Crippen LogP contribution in [-0.4, -0.2) is 32.7 Å². The van der Waals surface area contributed by atoms with Gasteiger partial charge in [-0.15, -0.1) is 0 Å². The molecule has 118 valence electrons. The minimum atomic E-state index is -0.211. The first-order valence-electron chi connectivity index (χ1n) is 7.02. The molecule has 0 aromatic heterocycles. The average molecular weight is 315 g/mol. The highest BCUT2D eigenvalue weighted by atomic mass is 35.5. The van der Waals surface area contributed by atoms with Gasteiger partial charge in [-0.25, -0.2) is 0 Å². The van der Waals surface area contributed by atoms with Gasteiger partial charge in [-0.05, 0) is 31.0 Å². The van der Waals surface area contributed by atoms with E-state index in [1.165, 1.54) is 7.11 Å². The van der Waals surface area contributed by atoms with Crippen molar-refractivity contribution < 1.29 is 14.3 Å². The Kier molecular flexibility index (Phi) is 7.32. The molecule has 0 bridgehead atoms. The maximum Gasteiger partial charge on any atom is 0.251 e. The van der Waals surface area contributed by atoms with Crippen LogP contribution in [0.4, 0.5) is 0 Å². The summed E-state index contributed by atoms with van der Waals surface area (Å²) in [6, 6.07) is 3.21. The van der Waals surface area contributed by atoms with Crippen LogP contribution < -0.4 is 20.5 Å². The van der Waals surface area contributed by atoms with Crippen molar-refractivity contribution >= 4 is 17.5 Å². The van der Waals surface area contributed by atoms with Crippen molar-refractivity contribution in [2.45, 2.75) is 20.3 Å². The molecule has 1 aromatic carbocycles. The highest BCUT2D eigenvalue weighted by Gasteiger charge is 2.16. The van der Waals surface area contributed by atoms with Crippen LogP contribution in [0, 0.1) is 5.92 Å². The molecule has 21 heavy (non-hydrogen) atoms. The molecule has 0 spiro atoms. The quantitative estimate of drug-likeness (QED) is 0.773. The Morgan fingerprint density at radius 3 is 2.76 bits per heavy atom. The van der Waals surface area contributed by atoms with E-state index in [-0.39, 0.29) is 11.8 Å². The smallest absolute Gasteiger partial charge is 0.251 e. The Bertz CT molecular complexity index is 480. The van der Waals surface area contributed by atoms with Gasteiger partial charge in [-0.1, -0.05) is 25.4 Å². The first kappa shape index (κ1) is 17.6. The van der Waals surface area contributed by atoms with Gasteiger partial charge in [0.1, 0.15) is 0 Å². The number of halogens is 1. The second-order valence-electron chi connectivity index (χ2n) is 4.89. The van der Waals surface area contributed by atoms with Crippen LogP contribution in [0.3, 0.4) is 0 Å². The fourth-order valence-electron chi connectivity index (χ4n) is 1.65. The van der Waals surface area contributed by atoms with Crippen LogP contribution in [0.1, 0.15) is 30.6 Å². The van der Waals surface area contributed by atoms with Crippen molar-refractivity contribution in [1.82, 2.24) is 5.32 Å². The molecular weight excluding hydrogens is 292 g/mol. The van der Waals surface area contributed by atoms with Crippen molar-refractivity contribution in [3.63, 3.8) is 0 Å². The molecule has 0 heterocycles. The molecule has 0 fully saturated rings. The van der Waals surface area contributed by atoms with Gasteiger partial charge in [0, 0.05) is 12.1 Å². The fourth-order valence-corrected chi connectivity index (χ4v) is 1.91. The topological polar surface area (TPSA) is 73.6 Å². The van der Waals surface area contributed by atoms with E-state index in [4.69, 9.17) is 26.8 Å². The summed E-state index contributed by atoms with van der Waals surface area (Å²) < 4.78 is 10.8. The van der Waals surface area contributed by atoms with E-state index >= 15 is 0 Å².